The van der Waals surface area contributed by atoms with Crippen LogP contribution in [0.4, 0.5) is 0 Å². The summed E-state index contributed by atoms with van der Waals surface area (Å²) in [6.07, 6.45) is 1.31. The number of rotatable bonds is 2. The minimum absolute atomic E-state index is 0.604. The van der Waals surface area contributed by atoms with E-state index in [-0.39, 0.29) is 0 Å². The van der Waals surface area contributed by atoms with Gasteiger partial charge in [0.1, 0.15) is 4.83 Å². The SMILES string of the molecule is C=CC(Br)C(=O)O. The summed E-state index contributed by atoms with van der Waals surface area (Å²) in [6.45, 7) is 3.25. The van der Waals surface area contributed by atoms with E-state index in [1.54, 1.807) is 0 Å². The van der Waals surface area contributed by atoms with Gasteiger partial charge >= 0.3 is 5.97 Å². The summed E-state index contributed by atoms with van der Waals surface area (Å²) in [5, 5.41) is 8.06. The summed E-state index contributed by atoms with van der Waals surface area (Å²) in [5.41, 5.74) is 0. The average molecular weight is 165 g/mol. The second-order valence-corrected chi connectivity index (χ2v) is 1.96. The van der Waals surface area contributed by atoms with Crippen molar-refractivity contribution < 1.29 is 9.90 Å². The van der Waals surface area contributed by atoms with Crippen LogP contribution in [0.3, 0.4) is 0 Å². The molecule has 1 N–H and O–H groups in total. The van der Waals surface area contributed by atoms with Gasteiger partial charge in [0.05, 0.1) is 0 Å². The standard InChI is InChI=1S/C4H5BrO2/c1-2-3(5)4(6)7/h2-3H,1H2,(H,6,7). The van der Waals surface area contributed by atoms with Crippen LogP contribution in [0.5, 0.6) is 0 Å². The normalized spacial score (nSPS) is 12.7. The number of carbonyl (C=O) groups is 1. The molecule has 1 unspecified atom stereocenters. The topological polar surface area (TPSA) is 37.3 Å². The first-order valence-electron chi connectivity index (χ1n) is 1.68. The van der Waals surface area contributed by atoms with Crippen LogP contribution in [-0.4, -0.2) is 15.9 Å². The lowest BCUT2D eigenvalue weighted by atomic mass is 10.4. The highest BCUT2D eigenvalue weighted by molar-refractivity contribution is 9.10. The largest absolute Gasteiger partial charge is 0.480 e. The van der Waals surface area contributed by atoms with Gasteiger partial charge in [0.15, 0.2) is 0 Å². The highest BCUT2D eigenvalue weighted by atomic mass is 79.9. The molecule has 0 rings (SSSR count). The molecule has 0 aromatic carbocycles. The Morgan fingerprint density at radius 1 is 2.00 bits per heavy atom. The summed E-state index contributed by atoms with van der Waals surface area (Å²) >= 11 is 2.82. The molecule has 7 heavy (non-hydrogen) atoms. The van der Waals surface area contributed by atoms with Crippen molar-refractivity contribution in [3.63, 3.8) is 0 Å². The van der Waals surface area contributed by atoms with Gasteiger partial charge in [-0.05, 0) is 0 Å². The van der Waals surface area contributed by atoms with E-state index in [9.17, 15) is 4.79 Å². The Labute approximate surface area is 50.0 Å². The summed E-state index contributed by atoms with van der Waals surface area (Å²) in [7, 11) is 0. The van der Waals surface area contributed by atoms with Gasteiger partial charge in [0.25, 0.3) is 0 Å². The molecule has 0 bridgehead atoms. The van der Waals surface area contributed by atoms with Crippen LogP contribution in [0.1, 0.15) is 0 Å². The molecule has 0 aromatic heterocycles. The fraction of sp³-hybridized carbons (Fsp3) is 0.250. The van der Waals surface area contributed by atoms with Crippen molar-refractivity contribution in [3.8, 4) is 0 Å². The average Bonchev–Trinajstić information content (AvgIpc) is 1.65. The molecule has 0 aromatic rings. The third-order valence-corrected chi connectivity index (χ3v) is 1.21. The van der Waals surface area contributed by atoms with Crippen LogP contribution in [0.2, 0.25) is 0 Å². The summed E-state index contributed by atoms with van der Waals surface area (Å²) < 4.78 is 0. The number of hydrogen-bond acceptors (Lipinski definition) is 1. The number of hydrogen-bond donors (Lipinski definition) is 1. The maximum atomic E-state index is 9.81. The van der Waals surface area contributed by atoms with Gasteiger partial charge in [0, 0.05) is 0 Å². The van der Waals surface area contributed by atoms with Crippen molar-refractivity contribution in [2.75, 3.05) is 0 Å². The Kier molecular flexibility index (Phi) is 2.67. The molecule has 0 saturated heterocycles. The first-order valence-corrected chi connectivity index (χ1v) is 2.59. The van der Waals surface area contributed by atoms with Gasteiger partial charge in [-0.1, -0.05) is 22.0 Å². The number of carboxylic acids is 1. The van der Waals surface area contributed by atoms with E-state index in [0.717, 1.165) is 0 Å². The van der Waals surface area contributed by atoms with Gasteiger partial charge in [0.2, 0.25) is 0 Å². The van der Waals surface area contributed by atoms with E-state index in [2.05, 4.69) is 22.5 Å². The third kappa shape index (κ3) is 2.39. The second kappa shape index (κ2) is 2.80. The van der Waals surface area contributed by atoms with Crippen LogP contribution in [-0.2, 0) is 4.79 Å². The fourth-order valence-electron chi connectivity index (χ4n) is 0.101. The summed E-state index contributed by atoms with van der Waals surface area (Å²) in [5.74, 6) is -0.907. The molecule has 2 nitrogen and oxygen atoms in total. The van der Waals surface area contributed by atoms with Crippen molar-refractivity contribution in [3.05, 3.63) is 12.7 Å². The number of alkyl halides is 1. The molecule has 3 heteroatoms. The van der Waals surface area contributed by atoms with Crippen LogP contribution >= 0.6 is 15.9 Å². The maximum Gasteiger partial charge on any atom is 0.321 e. The van der Waals surface area contributed by atoms with E-state index in [1.807, 2.05) is 0 Å². The number of aliphatic carboxylic acids is 1. The zero-order valence-corrected chi connectivity index (χ0v) is 5.18. The molecular weight excluding hydrogens is 160 g/mol. The minimum atomic E-state index is -0.907. The molecule has 0 aliphatic rings. The van der Waals surface area contributed by atoms with Gasteiger partial charge in [-0.25, -0.2) is 0 Å². The zero-order valence-electron chi connectivity index (χ0n) is 3.60. The van der Waals surface area contributed by atoms with Gasteiger partial charge in [-0.15, -0.1) is 6.58 Å². The first-order chi connectivity index (χ1) is 3.18. The molecule has 0 heterocycles. The molecule has 40 valence electrons. The maximum absolute atomic E-state index is 9.81. The molecule has 0 fully saturated rings. The quantitative estimate of drug-likeness (QED) is 0.489. The monoisotopic (exact) mass is 164 g/mol. The molecule has 0 saturated carbocycles. The fourth-order valence-corrected chi connectivity index (χ4v) is 0.101. The Morgan fingerprint density at radius 3 is 2.43 bits per heavy atom. The molecule has 0 amide bonds. The van der Waals surface area contributed by atoms with Crippen LogP contribution < -0.4 is 0 Å². The lowest BCUT2D eigenvalue weighted by molar-refractivity contribution is -0.135. The first kappa shape index (κ1) is 6.69. The number of carboxylic acid groups (broad SMARTS) is 1. The van der Waals surface area contributed by atoms with Crippen LogP contribution in [0.15, 0.2) is 12.7 Å². The molecular formula is C4H5BrO2. The molecule has 0 aliphatic heterocycles. The van der Waals surface area contributed by atoms with Crippen molar-refractivity contribution in [1.82, 2.24) is 0 Å². The van der Waals surface area contributed by atoms with E-state index in [1.165, 1.54) is 6.08 Å². The van der Waals surface area contributed by atoms with Crippen molar-refractivity contribution in [1.29, 1.82) is 0 Å². The Balaban J connectivity index is 3.55. The van der Waals surface area contributed by atoms with E-state index in [4.69, 9.17) is 5.11 Å². The van der Waals surface area contributed by atoms with Crippen LogP contribution in [0.25, 0.3) is 0 Å². The lowest BCUT2D eigenvalue weighted by Crippen LogP contribution is -2.07. The van der Waals surface area contributed by atoms with Crippen molar-refractivity contribution >= 4 is 21.9 Å². The molecule has 0 radical (unpaired) electrons. The van der Waals surface area contributed by atoms with Gasteiger partial charge < -0.3 is 5.11 Å². The van der Waals surface area contributed by atoms with E-state index >= 15 is 0 Å². The highest BCUT2D eigenvalue weighted by Crippen LogP contribution is 1.97. The zero-order chi connectivity index (χ0) is 5.86. The minimum Gasteiger partial charge on any atom is -0.480 e. The second-order valence-electron chi connectivity index (χ2n) is 0.976. The summed E-state index contributed by atoms with van der Waals surface area (Å²) in [4.78, 5) is 9.21. The predicted octanol–water partition coefficient (Wildman–Crippen LogP) is 1.02. The molecule has 1 atom stereocenters. The van der Waals surface area contributed by atoms with Crippen molar-refractivity contribution in [2.24, 2.45) is 0 Å². The Bertz CT molecular complexity index is 89.7. The molecule has 0 spiro atoms. The van der Waals surface area contributed by atoms with Crippen molar-refractivity contribution in [2.45, 2.75) is 4.83 Å². The Morgan fingerprint density at radius 2 is 2.43 bits per heavy atom. The van der Waals surface area contributed by atoms with Gasteiger partial charge in [-0.3, -0.25) is 4.79 Å². The summed E-state index contributed by atoms with van der Waals surface area (Å²) in [6, 6.07) is 0. The lowest BCUT2D eigenvalue weighted by Gasteiger charge is -1.89. The van der Waals surface area contributed by atoms with E-state index < -0.39 is 10.8 Å². The van der Waals surface area contributed by atoms with E-state index in [0.29, 0.717) is 0 Å². The van der Waals surface area contributed by atoms with Gasteiger partial charge in [-0.2, -0.15) is 0 Å². The number of halogens is 1. The highest BCUT2D eigenvalue weighted by Gasteiger charge is 2.04. The Hall–Kier alpha value is -0.310. The smallest absolute Gasteiger partial charge is 0.321 e. The third-order valence-electron chi connectivity index (χ3n) is 0.443. The van der Waals surface area contributed by atoms with Crippen LogP contribution in [0, 0.1) is 0 Å². The predicted molar refractivity (Wildman–Crippen MR) is 30.5 cm³/mol. The molecule has 0 aliphatic carbocycles.